The molecule has 18 heavy (non-hydrogen) atoms. The fourth-order valence-corrected chi connectivity index (χ4v) is 1.46. The Morgan fingerprint density at radius 2 is 2.06 bits per heavy atom. The highest BCUT2D eigenvalue weighted by atomic mass is 32.2. The second-order valence-electron chi connectivity index (χ2n) is 4.72. The molecule has 6 nitrogen and oxygen atoms in total. The van der Waals surface area contributed by atoms with Crippen LogP contribution in [0.2, 0.25) is 0 Å². The van der Waals surface area contributed by atoms with Crippen molar-refractivity contribution in [3.8, 4) is 6.07 Å². The molecule has 1 heterocycles. The highest BCUT2D eigenvalue weighted by molar-refractivity contribution is 7.92. The lowest BCUT2D eigenvalue weighted by atomic mass is 10.2. The van der Waals surface area contributed by atoms with Crippen molar-refractivity contribution in [2.45, 2.75) is 25.5 Å². The Hall–Kier alpha value is -1.68. The molecule has 0 aliphatic heterocycles. The van der Waals surface area contributed by atoms with Crippen molar-refractivity contribution in [3.05, 3.63) is 17.5 Å². The van der Waals surface area contributed by atoms with Crippen LogP contribution in [-0.4, -0.2) is 35.9 Å². The summed E-state index contributed by atoms with van der Waals surface area (Å²) >= 11 is 0. The Morgan fingerprint density at radius 3 is 2.56 bits per heavy atom. The molecule has 0 aromatic carbocycles. The third-order valence-electron chi connectivity index (χ3n) is 2.64. The largest absolute Gasteiger partial charge is 0.353 e. The van der Waals surface area contributed by atoms with E-state index in [4.69, 9.17) is 5.26 Å². The summed E-state index contributed by atoms with van der Waals surface area (Å²) in [5.74, 6) is 0.267. The molecule has 1 N–H and O–H groups in total. The first-order chi connectivity index (χ1) is 8.15. The molecular formula is C11H16N4O2S. The minimum absolute atomic E-state index is 0.181. The van der Waals surface area contributed by atoms with Crippen LogP contribution in [0.4, 0.5) is 5.95 Å². The fraction of sp³-hybridized carbons (Fsp3) is 0.545. The summed E-state index contributed by atoms with van der Waals surface area (Å²) < 4.78 is 22.1. The summed E-state index contributed by atoms with van der Waals surface area (Å²) in [6, 6.07) is 3.49. The summed E-state index contributed by atoms with van der Waals surface area (Å²) in [7, 11) is -3.18. The van der Waals surface area contributed by atoms with Gasteiger partial charge in [0, 0.05) is 18.5 Å². The van der Waals surface area contributed by atoms with Crippen molar-refractivity contribution in [1.82, 2.24) is 9.97 Å². The van der Waals surface area contributed by atoms with Gasteiger partial charge >= 0.3 is 0 Å². The molecule has 0 radical (unpaired) electrons. The van der Waals surface area contributed by atoms with Gasteiger partial charge < -0.3 is 5.32 Å². The highest BCUT2D eigenvalue weighted by Crippen LogP contribution is 2.15. The molecule has 0 spiro atoms. The second-order valence-corrected chi connectivity index (χ2v) is 7.36. The van der Waals surface area contributed by atoms with Gasteiger partial charge in [0.25, 0.3) is 0 Å². The van der Waals surface area contributed by atoms with Gasteiger partial charge in [-0.1, -0.05) is 0 Å². The van der Waals surface area contributed by atoms with Gasteiger partial charge in [0.05, 0.1) is 4.75 Å². The van der Waals surface area contributed by atoms with Crippen molar-refractivity contribution in [2.75, 3.05) is 18.1 Å². The van der Waals surface area contributed by atoms with Crippen LogP contribution < -0.4 is 5.32 Å². The first-order valence-electron chi connectivity index (χ1n) is 5.35. The smallest absolute Gasteiger partial charge is 0.224 e. The quantitative estimate of drug-likeness (QED) is 0.871. The molecule has 0 aliphatic rings. The first kappa shape index (κ1) is 14.4. The lowest BCUT2D eigenvalue weighted by molar-refractivity contribution is 0.559. The predicted molar refractivity (Wildman–Crippen MR) is 68.9 cm³/mol. The van der Waals surface area contributed by atoms with E-state index in [-0.39, 0.29) is 18.2 Å². The number of anilines is 1. The molecule has 0 saturated heterocycles. The molecule has 0 amide bonds. The normalized spacial score (nSPS) is 11.9. The van der Waals surface area contributed by atoms with E-state index < -0.39 is 14.6 Å². The van der Waals surface area contributed by atoms with Gasteiger partial charge in [-0.3, -0.25) is 0 Å². The van der Waals surface area contributed by atoms with E-state index in [9.17, 15) is 8.42 Å². The number of nitriles is 1. The van der Waals surface area contributed by atoms with Gasteiger partial charge in [-0.15, -0.1) is 0 Å². The predicted octanol–water partition coefficient (Wildman–Crippen LogP) is 0.892. The number of hydrogen-bond donors (Lipinski definition) is 1. The number of aromatic nitrogens is 2. The molecule has 0 aliphatic carbocycles. The molecule has 0 atom stereocenters. The van der Waals surface area contributed by atoms with Gasteiger partial charge in [-0.25, -0.2) is 18.4 Å². The van der Waals surface area contributed by atoms with Crippen molar-refractivity contribution in [2.24, 2.45) is 0 Å². The summed E-state index contributed by atoms with van der Waals surface area (Å²) in [6.45, 7) is 5.17. The summed E-state index contributed by atoms with van der Waals surface area (Å²) in [4.78, 5) is 8.06. The van der Waals surface area contributed by atoms with Crippen LogP contribution in [0.25, 0.3) is 0 Å². The van der Waals surface area contributed by atoms with E-state index >= 15 is 0 Å². The Bertz CT molecular complexity index is 588. The van der Waals surface area contributed by atoms with Crippen LogP contribution in [0.1, 0.15) is 25.2 Å². The van der Waals surface area contributed by atoms with E-state index in [0.29, 0.717) is 5.69 Å². The topological polar surface area (TPSA) is 95.7 Å². The summed E-state index contributed by atoms with van der Waals surface area (Å²) in [6.07, 6.45) is 1.19. The average Bonchev–Trinajstić information content (AvgIpc) is 2.24. The van der Waals surface area contributed by atoms with Gasteiger partial charge in [0.2, 0.25) is 5.95 Å². The van der Waals surface area contributed by atoms with Crippen LogP contribution in [0.15, 0.2) is 6.07 Å². The van der Waals surface area contributed by atoms with Gasteiger partial charge in [0.15, 0.2) is 9.84 Å². The number of hydrogen-bond acceptors (Lipinski definition) is 6. The molecule has 1 rings (SSSR count). The molecule has 0 bridgehead atoms. The fourth-order valence-electron chi connectivity index (χ4n) is 1.13. The number of rotatable bonds is 4. The number of nitrogens with one attached hydrogen (secondary N) is 1. The van der Waals surface area contributed by atoms with Crippen LogP contribution in [-0.2, 0) is 9.84 Å². The minimum Gasteiger partial charge on any atom is -0.353 e. The molecule has 1 aromatic heterocycles. The third kappa shape index (κ3) is 3.40. The average molecular weight is 268 g/mol. The molecular weight excluding hydrogens is 252 g/mol. The van der Waals surface area contributed by atoms with E-state index in [1.807, 2.05) is 6.07 Å². The number of sulfone groups is 1. The van der Waals surface area contributed by atoms with Crippen molar-refractivity contribution >= 4 is 15.8 Å². The number of aryl methyl sites for hydroxylation is 1. The van der Waals surface area contributed by atoms with Gasteiger partial charge in [-0.2, -0.15) is 5.26 Å². The summed E-state index contributed by atoms with van der Waals surface area (Å²) in [5, 5.41) is 11.6. The van der Waals surface area contributed by atoms with E-state index in [1.165, 1.54) is 6.26 Å². The Balaban J connectivity index is 2.88. The van der Waals surface area contributed by atoms with E-state index in [0.717, 1.165) is 0 Å². The highest BCUT2D eigenvalue weighted by Gasteiger charge is 2.30. The Kier molecular flexibility index (Phi) is 3.92. The van der Waals surface area contributed by atoms with Crippen molar-refractivity contribution in [3.63, 3.8) is 0 Å². The Labute approximate surface area is 107 Å². The molecule has 98 valence electrons. The van der Waals surface area contributed by atoms with Crippen LogP contribution in [0, 0.1) is 18.3 Å². The molecule has 0 saturated carbocycles. The van der Waals surface area contributed by atoms with E-state index in [2.05, 4.69) is 15.3 Å². The maximum Gasteiger partial charge on any atom is 0.224 e. The van der Waals surface area contributed by atoms with Crippen LogP contribution >= 0.6 is 0 Å². The molecule has 1 aromatic rings. The second kappa shape index (κ2) is 4.90. The maximum absolute atomic E-state index is 11.5. The molecule has 0 fully saturated rings. The third-order valence-corrected chi connectivity index (χ3v) is 4.80. The van der Waals surface area contributed by atoms with E-state index in [1.54, 1.807) is 26.8 Å². The summed E-state index contributed by atoms with van der Waals surface area (Å²) in [5.41, 5.74) is 0.906. The lowest BCUT2D eigenvalue weighted by Crippen LogP contribution is -2.38. The first-order valence-corrected chi connectivity index (χ1v) is 7.24. The van der Waals surface area contributed by atoms with Gasteiger partial charge in [-0.05, 0) is 26.8 Å². The zero-order valence-electron chi connectivity index (χ0n) is 10.9. The monoisotopic (exact) mass is 268 g/mol. The number of nitrogens with zero attached hydrogens (tertiary/aromatic N) is 3. The zero-order chi connectivity index (χ0) is 14.0. The van der Waals surface area contributed by atoms with Gasteiger partial charge in [0.1, 0.15) is 11.8 Å². The van der Waals surface area contributed by atoms with Crippen LogP contribution in [0.5, 0.6) is 0 Å². The zero-order valence-corrected chi connectivity index (χ0v) is 11.7. The van der Waals surface area contributed by atoms with Crippen molar-refractivity contribution in [1.29, 1.82) is 5.26 Å². The molecule has 7 heteroatoms. The van der Waals surface area contributed by atoms with Crippen LogP contribution in [0.3, 0.4) is 0 Å². The van der Waals surface area contributed by atoms with Crippen molar-refractivity contribution < 1.29 is 8.42 Å². The lowest BCUT2D eigenvalue weighted by Gasteiger charge is -2.22. The Morgan fingerprint density at radius 1 is 1.44 bits per heavy atom. The standard InChI is InChI=1S/C11H16N4O2S/c1-8-5-9(6-12)15-10(14-8)13-7-11(2,3)18(4,16)17/h5H,7H2,1-4H3,(H,13,14,15). The molecule has 0 unspecified atom stereocenters. The minimum atomic E-state index is -3.18. The maximum atomic E-state index is 11.5. The SMILES string of the molecule is Cc1cc(C#N)nc(NCC(C)(C)S(C)(=O)=O)n1.